The SMILES string of the molecule is OC[C@H](O)c1ccc(CN[C@@H]2C[C@@H](Oc3ccc(F)c(C(F)(F)F)c3)[C@@H]2F)c2ccncc12. The third kappa shape index (κ3) is 4.78. The zero-order valence-electron chi connectivity index (χ0n) is 17.2. The second kappa shape index (κ2) is 9.20. The standard InChI is InChI=1S/C23H21F5N2O3/c24-18-4-2-13(7-17(18)23(26,27)28)33-21-8-19(22(21)25)30-9-12-1-3-15(20(32)11-31)16-10-29-6-5-14(12)16/h1-7,10,19-22,30-32H,8-9,11H2/t19-,20+,21-,22-/m1/s1. The minimum Gasteiger partial charge on any atom is -0.487 e. The number of hydrogen-bond donors (Lipinski definition) is 3. The number of nitrogens with one attached hydrogen (secondary N) is 1. The fourth-order valence-electron chi connectivity index (χ4n) is 3.91. The van der Waals surface area contributed by atoms with E-state index >= 15 is 0 Å². The molecule has 1 fully saturated rings. The van der Waals surface area contributed by atoms with Gasteiger partial charge >= 0.3 is 6.18 Å². The van der Waals surface area contributed by atoms with Gasteiger partial charge in [0.05, 0.1) is 12.2 Å². The lowest BCUT2D eigenvalue weighted by Crippen LogP contribution is -2.57. The normalized spacial score (nSPS) is 21.6. The summed E-state index contributed by atoms with van der Waals surface area (Å²) in [6.07, 6.45) is -4.95. The first-order valence-electron chi connectivity index (χ1n) is 10.2. The van der Waals surface area contributed by atoms with Crippen LogP contribution in [-0.2, 0) is 12.7 Å². The zero-order valence-corrected chi connectivity index (χ0v) is 17.2. The van der Waals surface area contributed by atoms with Gasteiger partial charge in [0.15, 0.2) is 6.17 Å². The van der Waals surface area contributed by atoms with Crippen molar-refractivity contribution in [3.8, 4) is 5.75 Å². The van der Waals surface area contributed by atoms with Crippen LogP contribution >= 0.6 is 0 Å². The first kappa shape index (κ1) is 23.3. The van der Waals surface area contributed by atoms with E-state index in [-0.39, 0.29) is 12.2 Å². The smallest absolute Gasteiger partial charge is 0.419 e. The molecule has 0 saturated heterocycles. The van der Waals surface area contributed by atoms with Crippen molar-refractivity contribution in [1.29, 1.82) is 0 Å². The number of aromatic nitrogens is 1. The number of alkyl halides is 4. The average Bonchev–Trinajstić information content (AvgIpc) is 2.80. The Bertz CT molecular complexity index is 1140. The highest BCUT2D eigenvalue weighted by Gasteiger charge is 2.43. The number of nitrogens with zero attached hydrogens (tertiary/aromatic N) is 1. The topological polar surface area (TPSA) is 74.6 Å². The van der Waals surface area contributed by atoms with Gasteiger partial charge in [-0.05, 0) is 40.8 Å². The Morgan fingerprint density at radius 2 is 1.94 bits per heavy atom. The molecular weight excluding hydrogens is 447 g/mol. The quantitative estimate of drug-likeness (QED) is 0.456. The van der Waals surface area contributed by atoms with E-state index in [1.54, 1.807) is 30.6 Å². The van der Waals surface area contributed by atoms with Crippen LogP contribution in [0.4, 0.5) is 22.0 Å². The molecule has 4 rings (SSSR count). The molecule has 0 unspecified atom stereocenters. The predicted molar refractivity (Wildman–Crippen MR) is 110 cm³/mol. The van der Waals surface area contributed by atoms with Crippen molar-refractivity contribution in [2.75, 3.05) is 6.61 Å². The van der Waals surface area contributed by atoms with Crippen LogP contribution in [0.1, 0.15) is 29.2 Å². The molecule has 5 nitrogen and oxygen atoms in total. The number of fused-ring (bicyclic) bond motifs is 1. The maximum absolute atomic E-state index is 14.6. The molecule has 0 spiro atoms. The highest BCUT2D eigenvalue weighted by molar-refractivity contribution is 5.88. The molecule has 4 atom stereocenters. The highest BCUT2D eigenvalue weighted by Crippen LogP contribution is 2.36. The summed E-state index contributed by atoms with van der Waals surface area (Å²) in [7, 11) is 0. The maximum Gasteiger partial charge on any atom is 0.419 e. The average molecular weight is 468 g/mol. The van der Waals surface area contributed by atoms with Crippen molar-refractivity contribution in [3.05, 3.63) is 71.3 Å². The molecule has 0 bridgehead atoms. The second-order valence-corrected chi connectivity index (χ2v) is 7.90. The van der Waals surface area contributed by atoms with Crippen LogP contribution in [0, 0.1) is 5.82 Å². The van der Waals surface area contributed by atoms with Gasteiger partial charge in [-0.1, -0.05) is 12.1 Å². The van der Waals surface area contributed by atoms with Crippen molar-refractivity contribution in [2.24, 2.45) is 0 Å². The van der Waals surface area contributed by atoms with Crippen LogP contribution in [-0.4, -0.2) is 40.1 Å². The summed E-state index contributed by atoms with van der Waals surface area (Å²) < 4.78 is 71.9. The molecule has 33 heavy (non-hydrogen) atoms. The number of hydrogen-bond acceptors (Lipinski definition) is 5. The number of aliphatic hydroxyl groups is 2. The molecule has 1 saturated carbocycles. The van der Waals surface area contributed by atoms with Crippen molar-refractivity contribution in [2.45, 2.75) is 43.6 Å². The predicted octanol–water partition coefficient (Wildman–Crippen LogP) is 4.07. The van der Waals surface area contributed by atoms with Crippen molar-refractivity contribution in [3.63, 3.8) is 0 Å². The molecule has 1 aromatic heterocycles. The van der Waals surface area contributed by atoms with Gasteiger partial charge in [0.2, 0.25) is 0 Å². The molecule has 3 aromatic rings. The van der Waals surface area contributed by atoms with Gasteiger partial charge in [-0.3, -0.25) is 4.98 Å². The number of aliphatic hydroxyl groups excluding tert-OH is 2. The van der Waals surface area contributed by atoms with Gasteiger partial charge in [0.25, 0.3) is 0 Å². The van der Waals surface area contributed by atoms with Crippen LogP contribution in [0.2, 0.25) is 0 Å². The number of rotatable bonds is 7. The Labute approximate surface area is 185 Å². The molecule has 0 aliphatic heterocycles. The summed E-state index contributed by atoms with van der Waals surface area (Å²) in [6.45, 7) is -0.143. The zero-order chi connectivity index (χ0) is 23.8. The molecule has 1 aliphatic carbocycles. The lowest BCUT2D eigenvalue weighted by atomic mass is 9.86. The Morgan fingerprint density at radius 1 is 1.15 bits per heavy atom. The number of pyridine rings is 1. The Morgan fingerprint density at radius 3 is 2.64 bits per heavy atom. The van der Waals surface area contributed by atoms with E-state index in [9.17, 15) is 32.2 Å². The van der Waals surface area contributed by atoms with E-state index < -0.39 is 48.6 Å². The summed E-state index contributed by atoms with van der Waals surface area (Å²) >= 11 is 0. The van der Waals surface area contributed by atoms with E-state index in [2.05, 4.69) is 10.3 Å². The van der Waals surface area contributed by atoms with Gasteiger partial charge in [0.1, 0.15) is 23.8 Å². The lowest BCUT2D eigenvalue weighted by Gasteiger charge is -2.40. The fraction of sp³-hybridized carbons (Fsp3) is 0.348. The summed E-state index contributed by atoms with van der Waals surface area (Å²) in [5.74, 6) is -1.66. The monoisotopic (exact) mass is 468 g/mol. The third-order valence-corrected chi connectivity index (χ3v) is 5.79. The van der Waals surface area contributed by atoms with E-state index in [0.717, 1.165) is 17.0 Å². The van der Waals surface area contributed by atoms with Gasteiger partial charge in [-0.25, -0.2) is 8.78 Å². The van der Waals surface area contributed by atoms with Crippen LogP contribution in [0.15, 0.2) is 48.8 Å². The fourth-order valence-corrected chi connectivity index (χ4v) is 3.91. The van der Waals surface area contributed by atoms with Crippen molar-refractivity contribution in [1.82, 2.24) is 10.3 Å². The molecule has 2 aromatic carbocycles. The Kier molecular flexibility index (Phi) is 6.51. The van der Waals surface area contributed by atoms with E-state index in [0.29, 0.717) is 29.6 Å². The van der Waals surface area contributed by atoms with E-state index in [4.69, 9.17) is 4.74 Å². The Balaban J connectivity index is 1.40. The molecular formula is C23H21F5N2O3. The van der Waals surface area contributed by atoms with Crippen LogP contribution in [0.25, 0.3) is 10.8 Å². The van der Waals surface area contributed by atoms with Gasteiger partial charge < -0.3 is 20.3 Å². The van der Waals surface area contributed by atoms with Gasteiger partial charge in [-0.2, -0.15) is 13.2 Å². The van der Waals surface area contributed by atoms with Crippen LogP contribution in [0.3, 0.4) is 0 Å². The minimum absolute atomic E-state index is 0.223. The van der Waals surface area contributed by atoms with Crippen LogP contribution in [0.5, 0.6) is 5.75 Å². The van der Waals surface area contributed by atoms with E-state index in [1.165, 1.54) is 0 Å². The molecule has 10 heteroatoms. The third-order valence-electron chi connectivity index (χ3n) is 5.79. The van der Waals surface area contributed by atoms with Gasteiger partial charge in [0, 0.05) is 36.8 Å². The summed E-state index contributed by atoms with van der Waals surface area (Å²) in [4.78, 5) is 4.06. The minimum atomic E-state index is -4.87. The van der Waals surface area contributed by atoms with Gasteiger partial charge in [-0.15, -0.1) is 0 Å². The Hall–Kier alpha value is -2.82. The molecule has 3 N–H and O–H groups in total. The molecule has 0 amide bonds. The lowest BCUT2D eigenvalue weighted by molar-refractivity contribution is -0.140. The molecule has 0 radical (unpaired) electrons. The van der Waals surface area contributed by atoms with Crippen molar-refractivity contribution < 1.29 is 36.9 Å². The second-order valence-electron chi connectivity index (χ2n) is 7.90. The van der Waals surface area contributed by atoms with Crippen LogP contribution < -0.4 is 10.1 Å². The maximum atomic E-state index is 14.6. The highest BCUT2D eigenvalue weighted by atomic mass is 19.4. The summed E-state index contributed by atoms with van der Waals surface area (Å²) in [6, 6.07) is 6.85. The number of ether oxygens (including phenoxy) is 1. The molecule has 1 heterocycles. The van der Waals surface area contributed by atoms with E-state index in [1.807, 2.05) is 0 Å². The largest absolute Gasteiger partial charge is 0.487 e. The first-order chi connectivity index (χ1) is 15.7. The molecule has 1 aliphatic rings. The summed E-state index contributed by atoms with van der Waals surface area (Å²) in [5, 5.41) is 23.8. The first-order valence-corrected chi connectivity index (χ1v) is 10.2. The van der Waals surface area contributed by atoms with Crippen molar-refractivity contribution >= 4 is 10.8 Å². The number of benzene rings is 2. The molecule has 176 valence electrons. The number of halogens is 5. The summed E-state index contributed by atoms with van der Waals surface area (Å²) in [5.41, 5.74) is -0.103.